The molecule has 0 aliphatic heterocycles. The van der Waals surface area contributed by atoms with E-state index < -0.39 is 0 Å². The van der Waals surface area contributed by atoms with Gasteiger partial charge in [-0.25, -0.2) is 0 Å². The van der Waals surface area contributed by atoms with Gasteiger partial charge in [-0.05, 0) is 72.5 Å². The molecule has 0 aromatic rings. The van der Waals surface area contributed by atoms with Gasteiger partial charge < -0.3 is 51.1 Å². The molecule has 0 radical (unpaired) electrons. The summed E-state index contributed by atoms with van der Waals surface area (Å²) in [6, 6.07) is 4.32. The number of rotatable bonds is 12. The van der Waals surface area contributed by atoms with Crippen LogP contribution in [0.5, 0.6) is 0 Å². The molecule has 11 heteroatoms. The molecule has 0 aliphatic rings. The van der Waals surface area contributed by atoms with Crippen LogP contribution in [0, 0.1) is 31.1 Å². The van der Waals surface area contributed by atoms with E-state index in [1.807, 2.05) is 0 Å². The average molecular weight is 933 g/mol. The van der Waals surface area contributed by atoms with Crippen molar-refractivity contribution in [2.45, 2.75) is 239 Å². The summed E-state index contributed by atoms with van der Waals surface area (Å²) >= 11 is 0. The Morgan fingerprint density at radius 3 is 0.540 bits per heavy atom. The quantitative estimate of drug-likeness (QED) is 0.143. The monoisotopic (exact) mass is 933 g/mol. The normalized spacial score (nSPS) is 12.6. The minimum atomic E-state index is 0. The number of hydrogen-bond donors (Lipinski definition) is 0. The third-order valence-corrected chi connectivity index (χ3v) is 6.27. The maximum Gasteiger partial charge on any atom is 0.0101 e. The SMILES string of the molecule is CC(C)N=C([N-]C(C)C)N(C(C)C)C(C)C.CC(C)N=C([N-]C(C)C)N(C(C)C)C(C)C.CC(C)N=C([N-]C(C)C)N(C(C)C)C(C)C.[O-2].[U]. The van der Waals surface area contributed by atoms with E-state index in [0.29, 0.717) is 36.3 Å². The fourth-order valence-electron chi connectivity index (χ4n) is 5.06. The number of guanidine groups is 3. The van der Waals surface area contributed by atoms with Crippen molar-refractivity contribution in [3.63, 3.8) is 0 Å². The van der Waals surface area contributed by atoms with Crippen molar-refractivity contribution >= 4 is 17.9 Å². The zero-order valence-corrected chi connectivity index (χ0v) is 41.5. The molecular formula is C39H84N9OU-5. The Kier molecular flexibility index (Phi) is 35.2. The smallest absolute Gasteiger partial charge is 0.0101 e. The van der Waals surface area contributed by atoms with E-state index in [2.05, 4.69) is 212 Å². The molecule has 0 atom stereocenters. The first kappa shape index (κ1) is 58.1. The summed E-state index contributed by atoms with van der Waals surface area (Å²) in [5, 5.41) is 13.9. The van der Waals surface area contributed by atoms with Crippen LogP contribution in [-0.4, -0.2) is 105 Å². The zero-order chi connectivity index (χ0) is 38.6. The van der Waals surface area contributed by atoms with Gasteiger partial charge in [-0.2, -0.15) is 0 Å². The third-order valence-electron chi connectivity index (χ3n) is 6.27. The molecule has 0 heterocycles. The molecule has 300 valence electrons. The Labute approximate surface area is 337 Å². The topological polar surface area (TPSA) is 118 Å². The van der Waals surface area contributed by atoms with Crippen molar-refractivity contribution in [3.05, 3.63) is 16.0 Å². The maximum absolute atomic E-state index is 4.64. The van der Waals surface area contributed by atoms with Crippen molar-refractivity contribution < 1.29 is 36.6 Å². The van der Waals surface area contributed by atoms with Crippen LogP contribution in [0.2, 0.25) is 0 Å². The second-order valence-electron chi connectivity index (χ2n) is 16.0. The van der Waals surface area contributed by atoms with E-state index in [0.717, 1.165) is 17.9 Å². The van der Waals surface area contributed by atoms with Crippen molar-refractivity contribution in [3.8, 4) is 0 Å². The van der Waals surface area contributed by atoms with Crippen molar-refractivity contribution in [2.24, 2.45) is 15.0 Å². The van der Waals surface area contributed by atoms with Gasteiger partial charge in [0.05, 0.1) is 0 Å². The zero-order valence-electron chi connectivity index (χ0n) is 37.4. The average Bonchev–Trinajstić information content (AvgIpc) is 2.80. The molecule has 10 nitrogen and oxygen atoms in total. The van der Waals surface area contributed by atoms with E-state index in [4.69, 9.17) is 0 Å². The summed E-state index contributed by atoms with van der Waals surface area (Å²) in [7, 11) is 0. The summed E-state index contributed by atoms with van der Waals surface area (Å²) in [5.74, 6) is 2.69. The van der Waals surface area contributed by atoms with Gasteiger partial charge in [0.25, 0.3) is 0 Å². The molecule has 0 fully saturated rings. The van der Waals surface area contributed by atoms with Gasteiger partial charge in [0.2, 0.25) is 0 Å². The molecule has 0 aromatic heterocycles. The van der Waals surface area contributed by atoms with E-state index in [-0.39, 0.29) is 72.8 Å². The van der Waals surface area contributed by atoms with Gasteiger partial charge in [0, 0.05) is 49.0 Å². The Hall–Kier alpha value is -1.18. The van der Waals surface area contributed by atoms with Crippen LogP contribution < -0.4 is 0 Å². The molecule has 0 spiro atoms. The molecule has 0 saturated heterocycles. The van der Waals surface area contributed by atoms with Crippen LogP contribution in [0.3, 0.4) is 0 Å². The molecule has 0 saturated carbocycles. The Morgan fingerprint density at radius 1 is 0.320 bits per heavy atom. The third kappa shape index (κ3) is 28.4. The van der Waals surface area contributed by atoms with Crippen molar-refractivity contribution in [1.29, 1.82) is 0 Å². The molecule has 50 heavy (non-hydrogen) atoms. The van der Waals surface area contributed by atoms with Crippen LogP contribution >= 0.6 is 0 Å². The van der Waals surface area contributed by atoms with Crippen molar-refractivity contribution in [1.82, 2.24) is 14.7 Å². The van der Waals surface area contributed by atoms with Gasteiger partial charge in [-0.15, -0.1) is 0 Å². The van der Waals surface area contributed by atoms with Gasteiger partial charge >= 0.3 is 0 Å². The van der Waals surface area contributed by atoms with Crippen LogP contribution in [-0.2, 0) is 5.48 Å². The predicted octanol–water partition coefficient (Wildman–Crippen LogP) is 10.8. The summed E-state index contributed by atoms with van der Waals surface area (Å²) in [4.78, 5) is 20.7. The molecule has 0 bridgehead atoms. The van der Waals surface area contributed by atoms with Crippen LogP contribution in [0.1, 0.15) is 166 Å². The standard InChI is InChI=1S/3C13H28N3.O.U/c3*1-9(2)14-13(15-10(3)4)16(11(5)6)12(7)8;;/h3*9-12H,1-8H3;;/q3*-1;-2;. The summed E-state index contributed by atoms with van der Waals surface area (Å²) in [6.45, 7) is 51.3. The molecule has 0 amide bonds. The van der Waals surface area contributed by atoms with Crippen molar-refractivity contribution in [2.75, 3.05) is 0 Å². The Balaban J connectivity index is -0.000000199. The van der Waals surface area contributed by atoms with E-state index in [1.54, 1.807) is 0 Å². The number of nitrogens with zero attached hydrogens (tertiary/aromatic N) is 9. The summed E-state index contributed by atoms with van der Waals surface area (Å²) in [5.41, 5.74) is 0. The Bertz CT molecular complexity index is 756. The van der Waals surface area contributed by atoms with Gasteiger partial charge in [-0.3, -0.25) is 0 Å². The van der Waals surface area contributed by atoms with Crippen LogP contribution in [0.4, 0.5) is 0 Å². The minimum Gasteiger partial charge on any atom is -2.00 e. The van der Waals surface area contributed by atoms with Crippen LogP contribution in [0.15, 0.2) is 15.0 Å². The molecule has 0 unspecified atom stereocenters. The second kappa shape index (κ2) is 30.3. The fourth-order valence-corrected chi connectivity index (χ4v) is 5.06. The fraction of sp³-hybridized carbons (Fsp3) is 0.923. The predicted molar refractivity (Wildman–Crippen MR) is 220 cm³/mol. The van der Waals surface area contributed by atoms with Gasteiger partial charge in [0.15, 0.2) is 0 Å². The second-order valence-corrected chi connectivity index (χ2v) is 16.0. The van der Waals surface area contributed by atoms with Gasteiger partial charge in [-0.1, -0.05) is 166 Å². The molecule has 0 aromatic carbocycles. The molecular weight excluding hydrogens is 849 g/mol. The van der Waals surface area contributed by atoms with E-state index >= 15 is 0 Å². The van der Waals surface area contributed by atoms with Crippen LogP contribution in [0.25, 0.3) is 16.0 Å². The first-order valence-electron chi connectivity index (χ1n) is 19.0. The number of aliphatic imine (C=N–C) groups is 3. The molecule has 0 N–H and O–H groups in total. The molecule has 0 aliphatic carbocycles. The van der Waals surface area contributed by atoms with Gasteiger partial charge in [0.1, 0.15) is 0 Å². The minimum absolute atomic E-state index is 0. The first-order chi connectivity index (χ1) is 21.8. The van der Waals surface area contributed by atoms with E-state index in [1.165, 1.54) is 0 Å². The first-order valence-corrected chi connectivity index (χ1v) is 19.0. The Morgan fingerprint density at radius 2 is 0.460 bits per heavy atom. The summed E-state index contributed by atoms with van der Waals surface area (Å²) in [6.07, 6.45) is 0. The largest absolute Gasteiger partial charge is 2.00 e. The number of hydrogen-bond acceptors (Lipinski definition) is 3. The molecule has 0 rings (SSSR count). The summed E-state index contributed by atoms with van der Waals surface area (Å²) < 4.78 is 0. The van der Waals surface area contributed by atoms with E-state index in [9.17, 15) is 0 Å². The maximum atomic E-state index is 4.64.